The molecule has 1 saturated heterocycles. The molecule has 1 aromatic carbocycles. The molecular weight excluding hydrogens is 382 g/mol. The van der Waals surface area contributed by atoms with Gasteiger partial charge in [0.05, 0.1) is 24.9 Å². The molecule has 1 fully saturated rings. The molecule has 1 aliphatic heterocycles. The molecule has 1 aliphatic rings. The highest BCUT2D eigenvalue weighted by Crippen LogP contribution is 2.28. The largest absolute Gasteiger partial charge is 0.497 e. The predicted octanol–water partition coefficient (Wildman–Crippen LogP) is 4.41. The normalized spacial score (nSPS) is 16.8. The molecule has 158 valence electrons. The summed E-state index contributed by atoms with van der Waals surface area (Å²) in [6, 6.07) is 9.65. The van der Waals surface area contributed by atoms with Crippen molar-refractivity contribution in [1.29, 1.82) is 0 Å². The Morgan fingerprint density at radius 2 is 2.10 bits per heavy atom. The molecule has 0 unspecified atom stereocenters. The highest BCUT2D eigenvalue weighted by molar-refractivity contribution is 5.91. The average molecular weight is 409 g/mol. The van der Waals surface area contributed by atoms with Gasteiger partial charge >= 0.3 is 0 Å². The van der Waals surface area contributed by atoms with Crippen LogP contribution in [-0.4, -0.2) is 41.1 Å². The van der Waals surface area contributed by atoms with Crippen molar-refractivity contribution in [3.8, 4) is 5.75 Å². The molecule has 1 amide bonds. The summed E-state index contributed by atoms with van der Waals surface area (Å²) in [4.78, 5) is 19.2. The molecule has 2 aromatic heterocycles. The lowest BCUT2D eigenvalue weighted by molar-refractivity contribution is 0.0656. The first-order chi connectivity index (χ1) is 14.5. The van der Waals surface area contributed by atoms with Crippen molar-refractivity contribution < 1.29 is 18.5 Å². The van der Waals surface area contributed by atoms with Gasteiger partial charge in [0, 0.05) is 25.6 Å². The van der Waals surface area contributed by atoms with Crippen LogP contribution in [0.25, 0.3) is 0 Å². The number of amides is 1. The van der Waals surface area contributed by atoms with Gasteiger partial charge in [-0.2, -0.15) is 0 Å². The summed E-state index contributed by atoms with van der Waals surface area (Å²) in [7, 11) is 1.65. The first-order valence-electron chi connectivity index (χ1n) is 10.4. The number of likely N-dealkylation sites (tertiary alicyclic amines) is 1. The number of benzene rings is 1. The van der Waals surface area contributed by atoms with Crippen molar-refractivity contribution in [3.05, 3.63) is 65.2 Å². The van der Waals surface area contributed by atoms with Crippen LogP contribution in [0.5, 0.6) is 5.75 Å². The number of carbonyl (C=O) groups excluding carboxylic acids is 1. The predicted molar refractivity (Wildman–Crippen MR) is 111 cm³/mol. The Bertz CT molecular complexity index is 990. The van der Waals surface area contributed by atoms with Crippen LogP contribution in [0.3, 0.4) is 0 Å². The van der Waals surface area contributed by atoms with Crippen LogP contribution in [0.1, 0.15) is 72.0 Å². The molecule has 1 atom stereocenters. The number of nitrogens with zero attached hydrogens (tertiary/aromatic N) is 3. The highest BCUT2D eigenvalue weighted by Gasteiger charge is 2.30. The third-order valence-corrected chi connectivity index (χ3v) is 5.50. The third-order valence-electron chi connectivity index (χ3n) is 5.50. The summed E-state index contributed by atoms with van der Waals surface area (Å²) in [5.41, 5.74) is 1.92. The zero-order valence-corrected chi connectivity index (χ0v) is 17.6. The fourth-order valence-corrected chi connectivity index (χ4v) is 3.72. The second-order valence-corrected chi connectivity index (χ2v) is 8.05. The minimum atomic E-state index is -0.121. The maximum atomic E-state index is 12.8. The van der Waals surface area contributed by atoms with Gasteiger partial charge in [0.1, 0.15) is 11.5 Å². The second-order valence-electron chi connectivity index (χ2n) is 8.05. The Balaban J connectivity index is 1.41. The van der Waals surface area contributed by atoms with Gasteiger partial charge in [-0.1, -0.05) is 31.1 Å². The van der Waals surface area contributed by atoms with E-state index in [2.05, 4.69) is 10.1 Å². The number of hydrogen-bond acceptors (Lipinski definition) is 6. The van der Waals surface area contributed by atoms with Gasteiger partial charge in [0.25, 0.3) is 5.91 Å². The van der Waals surface area contributed by atoms with Gasteiger partial charge in [0.15, 0.2) is 5.89 Å². The summed E-state index contributed by atoms with van der Waals surface area (Å²) in [6.45, 7) is 5.32. The van der Waals surface area contributed by atoms with Gasteiger partial charge in [-0.15, -0.1) is 0 Å². The Hall–Kier alpha value is -3.09. The van der Waals surface area contributed by atoms with Crippen molar-refractivity contribution in [2.24, 2.45) is 0 Å². The Morgan fingerprint density at radius 1 is 1.30 bits per heavy atom. The molecule has 0 spiro atoms. The molecule has 0 aliphatic carbocycles. The molecule has 7 nitrogen and oxygen atoms in total. The van der Waals surface area contributed by atoms with E-state index in [1.165, 1.54) is 0 Å². The maximum Gasteiger partial charge on any atom is 0.292 e. The Labute approximate surface area is 176 Å². The number of piperidine rings is 1. The van der Waals surface area contributed by atoms with E-state index < -0.39 is 0 Å². The van der Waals surface area contributed by atoms with E-state index in [9.17, 15) is 4.79 Å². The van der Waals surface area contributed by atoms with Crippen molar-refractivity contribution >= 4 is 5.91 Å². The number of hydrogen-bond donors (Lipinski definition) is 0. The minimum absolute atomic E-state index is 0.0832. The van der Waals surface area contributed by atoms with Crippen LogP contribution in [0.15, 0.2) is 45.5 Å². The summed E-state index contributed by atoms with van der Waals surface area (Å²) in [5, 5.41) is 4.00. The lowest BCUT2D eigenvalue weighted by Crippen LogP contribution is -2.39. The summed E-state index contributed by atoms with van der Waals surface area (Å²) >= 11 is 0. The van der Waals surface area contributed by atoms with Crippen LogP contribution < -0.4 is 4.74 Å². The van der Waals surface area contributed by atoms with Crippen LogP contribution in [0.2, 0.25) is 0 Å². The lowest BCUT2D eigenvalue weighted by atomic mass is 9.97. The zero-order chi connectivity index (χ0) is 21.1. The number of oxazole rings is 1. The second kappa shape index (κ2) is 8.73. The van der Waals surface area contributed by atoms with E-state index in [0.29, 0.717) is 31.2 Å². The van der Waals surface area contributed by atoms with Crippen molar-refractivity contribution in [2.45, 2.75) is 44.9 Å². The number of methoxy groups -OCH3 is 1. The Kier molecular flexibility index (Phi) is 5.88. The van der Waals surface area contributed by atoms with E-state index in [-0.39, 0.29) is 17.7 Å². The molecule has 0 saturated carbocycles. The summed E-state index contributed by atoms with van der Waals surface area (Å²) in [6.07, 6.45) is 4.30. The van der Waals surface area contributed by atoms with E-state index in [0.717, 1.165) is 35.6 Å². The molecule has 30 heavy (non-hydrogen) atoms. The van der Waals surface area contributed by atoms with Gasteiger partial charge in [-0.25, -0.2) is 4.98 Å². The zero-order valence-electron chi connectivity index (χ0n) is 17.6. The van der Waals surface area contributed by atoms with Gasteiger partial charge in [0.2, 0.25) is 5.76 Å². The third kappa shape index (κ3) is 4.40. The number of ether oxygens (including phenoxy) is 1. The van der Waals surface area contributed by atoms with Crippen LogP contribution in [0.4, 0.5) is 0 Å². The molecule has 0 bridgehead atoms. The minimum Gasteiger partial charge on any atom is -0.497 e. The van der Waals surface area contributed by atoms with Crippen LogP contribution >= 0.6 is 0 Å². The quantitative estimate of drug-likeness (QED) is 0.600. The van der Waals surface area contributed by atoms with E-state index >= 15 is 0 Å². The van der Waals surface area contributed by atoms with E-state index in [1.807, 2.05) is 43.0 Å². The monoisotopic (exact) mass is 409 g/mol. The first kappa shape index (κ1) is 20.2. The smallest absolute Gasteiger partial charge is 0.292 e. The maximum absolute atomic E-state index is 12.8. The summed E-state index contributed by atoms with van der Waals surface area (Å²) in [5.74, 6) is 2.82. The fourth-order valence-electron chi connectivity index (χ4n) is 3.72. The van der Waals surface area contributed by atoms with Gasteiger partial charge in [-0.05, 0) is 36.5 Å². The standard InChI is InChI=1S/C23H27N3O4/c1-15(2)20-12-21(30-25-20)23(27)26-10-4-5-17(14-26)22-24-13-19(29-22)11-16-6-8-18(28-3)9-7-16/h6-9,12-13,15,17H,4-5,10-11,14H2,1-3H3/t17-/m0/s1. The number of carbonyl (C=O) groups is 1. The molecular formula is C23H27N3O4. The topological polar surface area (TPSA) is 81.6 Å². The molecule has 3 heterocycles. The van der Waals surface area contributed by atoms with Crippen molar-refractivity contribution in [3.63, 3.8) is 0 Å². The Morgan fingerprint density at radius 3 is 2.80 bits per heavy atom. The summed E-state index contributed by atoms with van der Waals surface area (Å²) < 4.78 is 16.5. The molecule has 3 aromatic rings. The molecule has 0 N–H and O–H groups in total. The number of rotatable bonds is 6. The van der Waals surface area contributed by atoms with Crippen molar-refractivity contribution in [1.82, 2.24) is 15.0 Å². The van der Waals surface area contributed by atoms with Crippen molar-refractivity contribution in [2.75, 3.05) is 20.2 Å². The van der Waals surface area contributed by atoms with Gasteiger partial charge < -0.3 is 18.6 Å². The van der Waals surface area contributed by atoms with E-state index in [1.54, 1.807) is 19.4 Å². The fraction of sp³-hybridized carbons (Fsp3) is 0.435. The van der Waals surface area contributed by atoms with Crippen LogP contribution in [-0.2, 0) is 6.42 Å². The van der Waals surface area contributed by atoms with Gasteiger partial charge in [-0.3, -0.25) is 4.79 Å². The van der Waals surface area contributed by atoms with Crippen LogP contribution in [0, 0.1) is 0 Å². The average Bonchev–Trinajstić information content (AvgIpc) is 3.44. The SMILES string of the molecule is COc1ccc(Cc2cnc([C@H]3CCCN(C(=O)c4cc(C(C)C)no4)C3)o2)cc1. The molecule has 0 radical (unpaired) electrons. The highest BCUT2D eigenvalue weighted by atomic mass is 16.5. The number of aromatic nitrogens is 2. The first-order valence-corrected chi connectivity index (χ1v) is 10.4. The lowest BCUT2D eigenvalue weighted by Gasteiger charge is -2.30. The van der Waals surface area contributed by atoms with E-state index in [4.69, 9.17) is 13.7 Å². The molecule has 4 rings (SSSR count). The molecule has 7 heteroatoms.